The van der Waals surface area contributed by atoms with E-state index in [2.05, 4.69) is 38.0 Å². The predicted octanol–water partition coefficient (Wildman–Crippen LogP) is 6.00. The molecule has 1 fully saturated rings. The van der Waals surface area contributed by atoms with Crippen molar-refractivity contribution in [3.05, 3.63) is 93.9 Å². The Hall–Kier alpha value is -5.20. The van der Waals surface area contributed by atoms with E-state index >= 15 is 0 Å². The highest BCUT2D eigenvalue weighted by Crippen LogP contribution is 2.37. The molecule has 1 aromatic heterocycles. The second-order valence-electron chi connectivity index (χ2n) is 17.9. The average molecular weight is 933 g/mol. The number of aryl methyl sites for hydroxylation is 1. The molecule has 3 N–H and O–H groups in total. The number of carbonyl (C=O) groups is 3. The fourth-order valence-electron chi connectivity index (χ4n) is 8.41. The SMILES string of the molecule is CN[C@@H](C)C(=O)N[C@H](C(=O)N1Cc2cc(OCCOCCOCCOc3c(-c4csc(N5CCOCC5)n4)ccc(F)c3F)ccc2C[C@H]1C(=O)N[C@@H]1CCCc2ccccc21)C(C)(C)C. The smallest absolute Gasteiger partial charge is 0.246 e. The lowest BCUT2D eigenvalue weighted by atomic mass is 9.83. The molecule has 7 rings (SSSR count). The lowest BCUT2D eigenvalue weighted by molar-refractivity contribution is -0.147. The van der Waals surface area contributed by atoms with Crippen molar-refractivity contribution in [1.82, 2.24) is 25.8 Å². The fourth-order valence-corrected chi connectivity index (χ4v) is 9.29. The lowest BCUT2D eigenvalue weighted by Crippen LogP contribution is -2.62. The Morgan fingerprint density at radius 2 is 1.65 bits per heavy atom. The number of hydrogen-bond acceptors (Lipinski definition) is 12. The van der Waals surface area contributed by atoms with Crippen LogP contribution < -0.4 is 30.3 Å². The van der Waals surface area contributed by atoms with Gasteiger partial charge in [0.25, 0.3) is 0 Å². The summed E-state index contributed by atoms with van der Waals surface area (Å²) in [5.74, 6) is -2.58. The highest BCUT2D eigenvalue weighted by atomic mass is 32.1. The second-order valence-corrected chi connectivity index (χ2v) is 18.7. The quantitative estimate of drug-likeness (QED) is 0.0950. The van der Waals surface area contributed by atoms with Gasteiger partial charge in [0.05, 0.1) is 57.4 Å². The van der Waals surface area contributed by atoms with Crippen LogP contribution >= 0.6 is 11.3 Å². The van der Waals surface area contributed by atoms with E-state index in [-0.39, 0.29) is 75.7 Å². The third-order valence-corrected chi connectivity index (χ3v) is 13.1. The van der Waals surface area contributed by atoms with Crippen LogP contribution in [0.4, 0.5) is 13.9 Å². The molecule has 2 aliphatic heterocycles. The first-order valence-corrected chi connectivity index (χ1v) is 23.7. The molecule has 4 atom stereocenters. The largest absolute Gasteiger partial charge is 0.491 e. The van der Waals surface area contributed by atoms with Gasteiger partial charge in [0.1, 0.15) is 31.0 Å². The summed E-state index contributed by atoms with van der Waals surface area (Å²) in [4.78, 5) is 50.5. The van der Waals surface area contributed by atoms with Crippen LogP contribution in [0.2, 0.25) is 0 Å². The van der Waals surface area contributed by atoms with Gasteiger partial charge in [-0.05, 0) is 85.2 Å². The van der Waals surface area contributed by atoms with Gasteiger partial charge in [-0.25, -0.2) is 9.37 Å². The number of aromatic nitrogens is 1. The molecule has 1 saturated heterocycles. The molecule has 3 aromatic carbocycles. The summed E-state index contributed by atoms with van der Waals surface area (Å²) in [5.41, 5.74) is 4.32. The van der Waals surface area contributed by atoms with Gasteiger partial charge in [-0.2, -0.15) is 4.39 Å². The molecule has 14 nitrogen and oxygen atoms in total. The Labute approximate surface area is 389 Å². The number of anilines is 1. The minimum atomic E-state index is -1.08. The fraction of sp³-hybridized carbons (Fsp3) is 0.510. The van der Waals surface area contributed by atoms with E-state index in [1.54, 1.807) is 24.3 Å². The van der Waals surface area contributed by atoms with Crippen molar-refractivity contribution in [1.29, 1.82) is 0 Å². The molecular formula is C49H62F2N6O8S. The van der Waals surface area contributed by atoms with E-state index in [1.807, 2.05) is 51.1 Å². The van der Waals surface area contributed by atoms with Gasteiger partial charge in [0, 0.05) is 37.0 Å². The summed E-state index contributed by atoms with van der Waals surface area (Å²) in [7, 11) is 1.69. The van der Waals surface area contributed by atoms with Gasteiger partial charge in [-0.3, -0.25) is 14.4 Å². The Morgan fingerprint density at radius 1 is 0.924 bits per heavy atom. The zero-order valence-corrected chi connectivity index (χ0v) is 39.3. The number of morpholine rings is 1. The summed E-state index contributed by atoms with van der Waals surface area (Å²) in [6.45, 7) is 11.3. The average Bonchev–Trinajstić information content (AvgIpc) is 3.82. The van der Waals surface area contributed by atoms with E-state index in [9.17, 15) is 23.2 Å². The normalized spacial score (nSPS) is 18.2. The maximum absolute atomic E-state index is 14.9. The van der Waals surface area contributed by atoms with Crippen LogP contribution in [0.3, 0.4) is 0 Å². The van der Waals surface area contributed by atoms with Crippen molar-refractivity contribution < 1.29 is 46.8 Å². The molecule has 356 valence electrons. The monoisotopic (exact) mass is 932 g/mol. The molecule has 0 unspecified atom stereocenters. The molecule has 3 heterocycles. The lowest BCUT2D eigenvalue weighted by Gasteiger charge is -2.41. The van der Waals surface area contributed by atoms with Gasteiger partial charge in [-0.1, -0.05) is 51.1 Å². The first-order chi connectivity index (χ1) is 31.8. The van der Waals surface area contributed by atoms with E-state index in [0.717, 1.165) is 47.2 Å². The molecular weight excluding hydrogens is 871 g/mol. The minimum Gasteiger partial charge on any atom is -0.491 e. The van der Waals surface area contributed by atoms with Gasteiger partial charge in [0.2, 0.25) is 23.5 Å². The molecule has 0 saturated carbocycles. The zero-order valence-electron chi connectivity index (χ0n) is 38.5. The number of thiazole rings is 1. The van der Waals surface area contributed by atoms with Crippen LogP contribution in [-0.4, -0.2) is 119 Å². The number of nitrogens with zero attached hydrogens (tertiary/aromatic N) is 3. The highest BCUT2D eigenvalue weighted by molar-refractivity contribution is 7.14. The van der Waals surface area contributed by atoms with Crippen LogP contribution in [0.1, 0.15) is 68.8 Å². The number of rotatable bonds is 19. The number of amides is 3. The van der Waals surface area contributed by atoms with Gasteiger partial charge in [0.15, 0.2) is 16.7 Å². The minimum absolute atomic E-state index is 0.0141. The molecule has 17 heteroatoms. The van der Waals surface area contributed by atoms with E-state index in [1.165, 1.54) is 23.0 Å². The highest BCUT2D eigenvalue weighted by Gasteiger charge is 2.43. The van der Waals surface area contributed by atoms with Crippen molar-refractivity contribution in [2.45, 2.75) is 84.1 Å². The van der Waals surface area contributed by atoms with Crippen LogP contribution in [-0.2, 0) is 48.0 Å². The summed E-state index contributed by atoms with van der Waals surface area (Å²) in [6, 6.07) is 14.0. The maximum atomic E-state index is 14.9. The van der Waals surface area contributed by atoms with Crippen molar-refractivity contribution in [3.63, 3.8) is 0 Å². The maximum Gasteiger partial charge on any atom is 0.246 e. The van der Waals surface area contributed by atoms with Crippen LogP contribution in [0.5, 0.6) is 11.5 Å². The molecule has 0 bridgehead atoms. The molecule has 66 heavy (non-hydrogen) atoms. The first kappa shape index (κ1) is 48.7. The number of hydrogen-bond donors (Lipinski definition) is 3. The molecule has 0 radical (unpaired) electrons. The molecule has 3 amide bonds. The molecule has 1 aliphatic carbocycles. The third-order valence-electron chi connectivity index (χ3n) is 12.2. The summed E-state index contributed by atoms with van der Waals surface area (Å²) >= 11 is 1.43. The van der Waals surface area contributed by atoms with Gasteiger partial charge >= 0.3 is 0 Å². The third kappa shape index (κ3) is 12.0. The molecule has 3 aliphatic rings. The number of carbonyl (C=O) groups excluding carboxylic acids is 3. The van der Waals surface area contributed by atoms with Crippen LogP contribution in [0.25, 0.3) is 11.3 Å². The number of fused-ring (bicyclic) bond motifs is 2. The number of benzene rings is 3. The second kappa shape index (κ2) is 22.5. The number of nitrogens with one attached hydrogen (secondary N) is 3. The summed E-state index contributed by atoms with van der Waals surface area (Å²) < 4.78 is 57.7. The molecule has 4 aromatic rings. The number of likely N-dealkylation sites (N-methyl/N-ethyl adjacent to an activating group) is 1. The van der Waals surface area contributed by atoms with Gasteiger partial charge in [-0.15, -0.1) is 11.3 Å². The van der Waals surface area contributed by atoms with Crippen LogP contribution in [0, 0.1) is 17.0 Å². The standard InChI is InChI=1S/C49H62F2N6O8S/c1-31(52-5)45(58)55-44(49(2,3)4)47(60)57-29-34-27-35(14-13-33(34)28-41(57)46(59)53-39-12-8-10-32-9-6-7-11-36(32)39)64-25-23-62-21-22-63-24-26-65-43-37(15-16-38(50)42(43)51)40-30-66-48(54-40)56-17-19-61-20-18-56/h6-7,9,11,13-16,27,30-31,39,41,44,52H,8,10,12,17-26,28-29H2,1-5H3,(H,53,59)(H,55,58)/t31-,39+,41-,44+/m0/s1. The number of halogens is 2. The Morgan fingerprint density at radius 3 is 2.39 bits per heavy atom. The van der Waals surface area contributed by atoms with E-state index in [4.69, 9.17) is 23.7 Å². The Bertz CT molecular complexity index is 2300. The summed E-state index contributed by atoms with van der Waals surface area (Å²) in [5, 5.41) is 11.8. The Balaban J connectivity index is 0.912. The molecule has 0 spiro atoms. The van der Waals surface area contributed by atoms with Gasteiger partial charge < -0.3 is 49.4 Å². The first-order valence-electron chi connectivity index (χ1n) is 22.8. The predicted molar refractivity (Wildman–Crippen MR) is 248 cm³/mol. The van der Waals surface area contributed by atoms with E-state index < -0.39 is 35.2 Å². The topological polar surface area (TPSA) is 153 Å². The number of ether oxygens (including phenoxy) is 5. The van der Waals surface area contributed by atoms with Crippen molar-refractivity contribution >= 4 is 34.2 Å². The zero-order chi connectivity index (χ0) is 46.8. The summed E-state index contributed by atoms with van der Waals surface area (Å²) in [6.07, 6.45) is 3.02. The van der Waals surface area contributed by atoms with Crippen molar-refractivity contribution in [2.24, 2.45) is 5.41 Å². The van der Waals surface area contributed by atoms with Crippen LogP contribution in [0.15, 0.2) is 60.0 Å². The Kier molecular flexibility index (Phi) is 16.6. The van der Waals surface area contributed by atoms with Crippen molar-refractivity contribution in [2.75, 3.05) is 77.9 Å². The van der Waals surface area contributed by atoms with Crippen molar-refractivity contribution in [3.8, 4) is 22.8 Å². The van der Waals surface area contributed by atoms with E-state index in [0.29, 0.717) is 49.7 Å².